The van der Waals surface area contributed by atoms with Gasteiger partial charge >= 0.3 is 0 Å². The van der Waals surface area contributed by atoms with Crippen LogP contribution in [0.1, 0.15) is 5.56 Å². The van der Waals surface area contributed by atoms with Crippen molar-refractivity contribution in [3.8, 4) is 5.75 Å². The molecule has 2 N–H and O–H groups in total. The number of carbonyl (C=O) groups is 1. The van der Waals surface area contributed by atoms with Gasteiger partial charge in [-0.15, -0.1) is 0 Å². The van der Waals surface area contributed by atoms with Crippen molar-refractivity contribution in [2.24, 2.45) is 5.73 Å². The minimum atomic E-state index is -0.474. The number of benzene rings is 1. The molecule has 4 heteroatoms. The van der Waals surface area contributed by atoms with Crippen LogP contribution in [-0.4, -0.2) is 18.0 Å². The maximum atomic E-state index is 10.7. The average molecular weight is 228 g/mol. The minimum absolute atomic E-state index is 0.474. The molecule has 1 aromatic carbocycles. The number of rotatable bonds is 3. The second-order valence-corrected chi connectivity index (χ2v) is 3.52. The molecule has 0 aliphatic carbocycles. The molecule has 1 aromatic heterocycles. The van der Waals surface area contributed by atoms with E-state index in [1.54, 1.807) is 19.4 Å². The maximum absolute atomic E-state index is 10.7. The summed E-state index contributed by atoms with van der Waals surface area (Å²) in [7, 11) is 1.61. The van der Waals surface area contributed by atoms with E-state index < -0.39 is 5.91 Å². The molecule has 2 aromatic rings. The van der Waals surface area contributed by atoms with Crippen LogP contribution in [0.15, 0.2) is 36.5 Å². The third kappa shape index (κ3) is 2.42. The number of carbonyl (C=O) groups excluding carboxylic acids is 1. The zero-order chi connectivity index (χ0) is 12.3. The molecule has 0 atom stereocenters. The number of hydrogen-bond donors (Lipinski definition) is 1. The monoisotopic (exact) mass is 228 g/mol. The van der Waals surface area contributed by atoms with Crippen molar-refractivity contribution in [3.05, 3.63) is 42.1 Å². The first-order valence-electron chi connectivity index (χ1n) is 5.11. The molecule has 1 heterocycles. The van der Waals surface area contributed by atoms with Crippen LogP contribution in [0.4, 0.5) is 0 Å². The van der Waals surface area contributed by atoms with Crippen LogP contribution in [0.2, 0.25) is 0 Å². The van der Waals surface area contributed by atoms with Crippen LogP contribution in [0.25, 0.3) is 17.0 Å². The summed E-state index contributed by atoms with van der Waals surface area (Å²) in [4.78, 5) is 15.0. The smallest absolute Gasteiger partial charge is 0.241 e. The third-order valence-corrected chi connectivity index (χ3v) is 2.41. The number of nitrogens with two attached hydrogens (primary N) is 1. The van der Waals surface area contributed by atoms with Crippen molar-refractivity contribution in [3.63, 3.8) is 0 Å². The normalized spacial score (nSPS) is 10.9. The molecule has 1 amide bonds. The summed E-state index contributed by atoms with van der Waals surface area (Å²) in [5, 5.41) is 0.921. The minimum Gasteiger partial charge on any atom is -0.497 e. The molecule has 0 saturated carbocycles. The van der Waals surface area contributed by atoms with Crippen molar-refractivity contribution in [2.75, 3.05) is 7.11 Å². The lowest BCUT2D eigenvalue weighted by atomic mass is 10.1. The fourth-order valence-corrected chi connectivity index (χ4v) is 1.59. The Bertz CT molecular complexity index is 591. The van der Waals surface area contributed by atoms with Crippen LogP contribution in [0, 0.1) is 0 Å². The fraction of sp³-hybridized carbons (Fsp3) is 0.0769. The zero-order valence-corrected chi connectivity index (χ0v) is 9.38. The summed E-state index contributed by atoms with van der Waals surface area (Å²) in [5.74, 6) is 0.275. The van der Waals surface area contributed by atoms with Crippen molar-refractivity contribution in [2.45, 2.75) is 0 Å². The first-order valence-corrected chi connectivity index (χ1v) is 5.11. The van der Waals surface area contributed by atoms with Crippen molar-refractivity contribution in [1.29, 1.82) is 0 Å². The highest BCUT2D eigenvalue weighted by Crippen LogP contribution is 2.23. The van der Waals surface area contributed by atoms with Crippen LogP contribution < -0.4 is 10.5 Å². The van der Waals surface area contributed by atoms with Crippen LogP contribution in [-0.2, 0) is 4.79 Å². The maximum Gasteiger partial charge on any atom is 0.241 e. The van der Waals surface area contributed by atoms with Crippen LogP contribution in [0.3, 0.4) is 0 Å². The summed E-state index contributed by atoms with van der Waals surface area (Å²) in [5.41, 5.74) is 6.80. The standard InChI is InChI=1S/C13H12N2O2/c1-17-10-3-4-12-11(8-10)9(6-7-15-12)2-5-13(14)16/h2-8H,1H3,(H2,14,16). The molecule has 0 bridgehead atoms. The van der Waals surface area contributed by atoms with Gasteiger partial charge in [-0.2, -0.15) is 0 Å². The van der Waals surface area contributed by atoms with E-state index in [-0.39, 0.29) is 0 Å². The van der Waals surface area contributed by atoms with Crippen molar-refractivity contribution in [1.82, 2.24) is 4.98 Å². The molecule has 0 fully saturated rings. The number of aromatic nitrogens is 1. The molecule has 17 heavy (non-hydrogen) atoms. The van der Waals surface area contributed by atoms with Gasteiger partial charge < -0.3 is 10.5 Å². The third-order valence-electron chi connectivity index (χ3n) is 2.41. The molecule has 86 valence electrons. The van der Waals surface area contributed by atoms with E-state index in [4.69, 9.17) is 10.5 Å². The van der Waals surface area contributed by atoms with E-state index in [0.29, 0.717) is 0 Å². The SMILES string of the molecule is COc1ccc2nccc(C=CC(N)=O)c2c1. The summed E-state index contributed by atoms with van der Waals surface area (Å²) < 4.78 is 5.16. The molecule has 0 saturated heterocycles. The number of nitrogens with zero attached hydrogens (tertiary/aromatic N) is 1. The quantitative estimate of drug-likeness (QED) is 0.814. The first kappa shape index (κ1) is 11.1. The number of methoxy groups -OCH3 is 1. The molecule has 4 nitrogen and oxygen atoms in total. The van der Waals surface area contributed by atoms with Gasteiger partial charge in [-0.1, -0.05) is 0 Å². The number of fused-ring (bicyclic) bond motifs is 1. The number of ether oxygens (including phenoxy) is 1. The second kappa shape index (κ2) is 4.65. The number of pyridine rings is 1. The van der Waals surface area contributed by atoms with E-state index in [1.807, 2.05) is 24.3 Å². The zero-order valence-electron chi connectivity index (χ0n) is 9.38. The predicted octanol–water partition coefficient (Wildman–Crippen LogP) is 1.74. The molecule has 2 rings (SSSR count). The largest absolute Gasteiger partial charge is 0.497 e. The molecular weight excluding hydrogens is 216 g/mol. The van der Waals surface area contributed by atoms with Gasteiger partial charge in [-0.05, 0) is 35.9 Å². The van der Waals surface area contributed by atoms with Gasteiger partial charge in [0.25, 0.3) is 0 Å². The van der Waals surface area contributed by atoms with Gasteiger partial charge in [0.15, 0.2) is 0 Å². The lowest BCUT2D eigenvalue weighted by Crippen LogP contribution is -2.05. The first-order chi connectivity index (χ1) is 8.20. The summed E-state index contributed by atoms with van der Waals surface area (Å²) in [6, 6.07) is 7.41. The highest BCUT2D eigenvalue weighted by atomic mass is 16.5. The fourth-order valence-electron chi connectivity index (χ4n) is 1.59. The lowest BCUT2D eigenvalue weighted by Gasteiger charge is -2.04. The Kier molecular flexibility index (Phi) is 3.05. The molecule has 0 radical (unpaired) electrons. The van der Waals surface area contributed by atoms with Crippen molar-refractivity contribution < 1.29 is 9.53 Å². The predicted molar refractivity (Wildman–Crippen MR) is 66.5 cm³/mol. The van der Waals surface area contributed by atoms with Gasteiger partial charge in [0.05, 0.1) is 12.6 Å². The van der Waals surface area contributed by atoms with Gasteiger partial charge in [-0.3, -0.25) is 9.78 Å². The van der Waals surface area contributed by atoms with Crippen LogP contribution >= 0.6 is 0 Å². The van der Waals surface area contributed by atoms with E-state index in [1.165, 1.54) is 6.08 Å². The Morgan fingerprint density at radius 3 is 2.94 bits per heavy atom. The van der Waals surface area contributed by atoms with Crippen molar-refractivity contribution >= 4 is 22.9 Å². The Balaban J connectivity index is 2.58. The van der Waals surface area contributed by atoms with Gasteiger partial charge in [0, 0.05) is 17.7 Å². The summed E-state index contributed by atoms with van der Waals surface area (Å²) in [6.45, 7) is 0. The Morgan fingerprint density at radius 1 is 1.41 bits per heavy atom. The van der Waals surface area contributed by atoms with E-state index >= 15 is 0 Å². The van der Waals surface area contributed by atoms with E-state index in [2.05, 4.69) is 4.98 Å². The van der Waals surface area contributed by atoms with Gasteiger partial charge in [-0.25, -0.2) is 0 Å². The van der Waals surface area contributed by atoms with Gasteiger partial charge in [0.2, 0.25) is 5.91 Å². The Labute approximate surface area is 98.7 Å². The number of primary amides is 1. The highest BCUT2D eigenvalue weighted by molar-refractivity contribution is 5.95. The van der Waals surface area contributed by atoms with E-state index in [9.17, 15) is 4.79 Å². The van der Waals surface area contributed by atoms with Gasteiger partial charge in [0.1, 0.15) is 5.75 Å². The molecule has 0 aliphatic rings. The Morgan fingerprint density at radius 2 is 2.24 bits per heavy atom. The molecule has 0 unspecified atom stereocenters. The molecule has 0 aliphatic heterocycles. The molecule has 0 spiro atoms. The summed E-state index contributed by atoms with van der Waals surface area (Å²) in [6.07, 6.45) is 4.69. The average Bonchev–Trinajstić information content (AvgIpc) is 2.35. The number of hydrogen-bond acceptors (Lipinski definition) is 3. The topological polar surface area (TPSA) is 65.2 Å². The number of amides is 1. The second-order valence-electron chi connectivity index (χ2n) is 3.52. The van der Waals surface area contributed by atoms with E-state index in [0.717, 1.165) is 22.2 Å². The van der Waals surface area contributed by atoms with Crippen LogP contribution in [0.5, 0.6) is 5.75 Å². The lowest BCUT2D eigenvalue weighted by molar-refractivity contribution is -0.113. The highest BCUT2D eigenvalue weighted by Gasteiger charge is 2.01. The molecular formula is C13H12N2O2. The summed E-state index contributed by atoms with van der Waals surface area (Å²) >= 11 is 0. The Hall–Kier alpha value is -2.36.